The minimum atomic E-state index is -0.303. The standard InChI is InChI=1S/C25H21FO6/c1-28-21-12-24(30-3)23(29-2)11-19(21)20-14-32-22-10-17(8-9-18(22)25(20)27)31-13-15-4-6-16(26)7-5-15/h4-12,14H,13H2,1-3H3. The molecule has 1 aromatic heterocycles. The Kier molecular flexibility index (Phi) is 5.98. The van der Waals surface area contributed by atoms with Crippen LogP contribution in [0.5, 0.6) is 23.0 Å². The zero-order valence-electron chi connectivity index (χ0n) is 17.8. The summed E-state index contributed by atoms with van der Waals surface area (Å²) in [7, 11) is 4.56. The molecule has 0 radical (unpaired) electrons. The summed E-state index contributed by atoms with van der Waals surface area (Å²) in [4.78, 5) is 13.2. The SMILES string of the molecule is COc1cc(OC)c(-c2coc3cc(OCc4ccc(F)cc4)ccc3c2=O)cc1OC. The number of rotatable bonds is 7. The van der Waals surface area contributed by atoms with Gasteiger partial charge in [0.2, 0.25) is 5.43 Å². The molecule has 4 aromatic rings. The average Bonchev–Trinajstić information content (AvgIpc) is 2.83. The Balaban J connectivity index is 1.68. The maximum Gasteiger partial charge on any atom is 0.200 e. The van der Waals surface area contributed by atoms with E-state index in [0.29, 0.717) is 45.1 Å². The smallest absolute Gasteiger partial charge is 0.200 e. The van der Waals surface area contributed by atoms with Gasteiger partial charge in [-0.3, -0.25) is 4.79 Å². The van der Waals surface area contributed by atoms with E-state index in [9.17, 15) is 9.18 Å². The number of methoxy groups -OCH3 is 3. The van der Waals surface area contributed by atoms with E-state index in [1.807, 2.05) is 0 Å². The summed E-state index contributed by atoms with van der Waals surface area (Å²) >= 11 is 0. The maximum absolute atomic E-state index is 13.2. The monoisotopic (exact) mass is 436 g/mol. The molecule has 0 unspecified atom stereocenters. The van der Waals surface area contributed by atoms with Crippen molar-refractivity contribution in [2.75, 3.05) is 21.3 Å². The quantitative estimate of drug-likeness (QED) is 0.397. The van der Waals surface area contributed by atoms with Crippen LogP contribution in [0.4, 0.5) is 4.39 Å². The van der Waals surface area contributed by atoms with Crippen LogP contribution in [-0.4, -0.2) is 21.3 Å². The molecule has 0 spiro atoms. The summed E-state index contributed by atoms with van der Waals surface area (Å²) < 4.78 is 40.7. The van der Waals surface area contributed by atoms with Crippen molar-refractivity contribution < 1.29 is 27.8 Å². The Morgan fingerprint density at radius 3 is 2.19 bits per heavy atom. The van der Waals surface area contributed by atoms with Gasteiger partial charge < -0.3 is 23.4 Å². The molecule has 4 rings (SSSR count). The second-order valence-electron chi connectivity index (χ2n) is 6.96. The predicted octanol–water partition coefficient (Wildman–Crippen LogP) is 5.20. The average molecular weight is 436 g/mol. The van der Waals surface area contributed by atoms with Gasteiger partial charge in [-0.05, 0) is 35.9 Å². The van der Waals surface area contributed by atoms with E-state index in [0.717, 1.165) is 5.56 Å². The molecule has 0 fully saturated rings. The molecule has 164 valence electrons. The molecule has 1 heterocycles. The molecule has 0 aliphatic carbocycles. The van der Waals surface area contributed by atoms with Crippen molar-refractivity contribution in [2.45, 2.75) is 6.61 Å². The molecular weight excluding hydrogens is 415 g/mol. The topological polar surface area (TPSA) is 67.1 Å². The van der Waals surface area contributed by atoms with Gasteiger partial charge in [-0.25, -0.2) is 4.39 Å². The summed E-state index contributed by atoms with van der Waals surface area (Å²) in [6, 6.07) is 14.4. The highest BCUT2D eigenvalue weighted by Crippen LogP contribution is 2.39. The minimum Gasteiger partial charge on any atom is -0.496 e. The summed E-state index contributed by atoms with van der Waals surface area (Å²) in [5.74, 6) is 1.63. The highest BCUT2D eigenvalue weighted by atomic mass is 19.1. The number of hydrogen-bond acceptors (Lipinski definition) is 6. The molecule has 0 saturated carbocycles. The lowest BCUT2D eigenvalue weighted by Gasteiger charge is -2.14. The molecular formula is C25H21FO6. The van der Waals surface area contributed by atoms with E-state index in [4.69, 9.17) is 23.4 Å². The third-order valence-corrected chi connectivity index (χ3v) is 5.06. The fourth-order valence-electron chi connectivity index (χ4n) is 3.37. The van der Waals surface area contributed by atoms with E-state index in [-0.39, 0.29) is 17.9 Å². The normalized spacial score (nSPS) is 10.8. The molecule has 0 aliphatic heterocycles. The second-order valence-corrected chi connectivity index (χ2v) is 6.96. The van der Waals surface area contributed by atoms with Crippen molar-refractivity contribution in [3.05, 3.63) is 82.5 Å². The molecule has 0 aliphatic rings. The van der Waals surface area contributed by atoms with Crippen molar-refractivity contribution in [1.82, 2.24) is 0 Å². The number of hydrogen-bond donors (Lipinski definition) is 0. The van der Waals surface area contributed by atoms with Crippen LogP contribution in [0.15, 0.2) is 70.1 Å². The molecule has 0 atom stereocenters. The lowest BCUT2D eigenvalue weighted by molar-refractivity contribution is 0.306. The molecule has 3 aromatic carbocycles. The number of fused-ring (bicyclic) bond motifs is 1. The van der Waals surface area contributed by atoms with Gasteiger partial charge in [0, 0.05) is 17.7 Å². The maximum atomic E-state index is 13.2. The highest BCUT2D eigenvalue weighted by molar-refractivity contribution is 5.84. The van der Waals surface area contributed by atoms with Crippen molar-refractivity contribution in [1.29, 1.82) is 0 Å². The third-order valence-electron chi connectivity index (χ3n) is 5.06. The predicted molar refractivity (Wildman–Crippen MR) is 118 cm³/mol. The molecule has 7 heteroatoms. The molecule has 6 nitrogen and oxygen atoms in total. The van der Waals surface area contributed by atoms with Crippen molar-refractivity contribution in [3.8, 4) is 34.1 Å². The van der Waals surface area contributed by atoms with Crippen LogP contribution in [0.3, 0.4) is 0 Å². The van der Waals surface area contributed by atoms with Gasteiger partial charge in [0.05, 0.1) is 32.3 Å². The van der Waals surface area contributed by atoms with Crippen LogP contribution in [-0.2, 0) is 6.61 Å². The van der Waals surface area contributed by atoms with Crippen molar-refractivity contribution >= 4 is 11.0 Å². The first kappa shape index (κ1) is 21.2. The van der Waals surface area contributed by atoms with Crippen LogP contribution in [0, 0.1) is 5.82 Å². The molecule has 0 N–H and O–H groups in total. The Morgan fingerprint density at radius 2 is 1.50 bits per heavy atom. The lowest BCUT2D eigenvalue weighted by atomic mass is 10.0. The van der Waals surface area contributed by atoms with Gasteiger partial charge in [-0.2, -0.15) is 0 Å². The number of halogens is 1. The number of ether oxygens (including phenoxy) is 4. The first-order valence-corrected chi connectivity index (χ1v) is 9.77. The van der Waals surface area contributed by atoms with Gasteiger partial charge in [0.25, 0.3) is 0 Å². The zero-order valence-corrected chi connectivity index (χ0v) is 17.8. The van der Waals surface area contributed by atoms with Gasteiger partial charge >= 0.3 is 0 Å². The Labute approximate surface area is 183 Å². The van der Waals surface area contributed by atoms with Crippen LogP contribution in [0.1, 0.15) is 5.56 Å². The van der Waals surface area contributed by atoms with Crippen LogP contribution < -0.4 is 24.4 Å². The van der Waals surface area contributed by atoms with E-state index in [1.165, 1.54) is 39.7 Å². The zero-order chi connectivity index (χ0) is 22.7. The van der Waals surface area contributed by atoms with Crippen molar-refractivity contribution in [3.63, 3.8) is 0 Å². The molecule has 0 bridgehead atoms. The number of benzene rings is 3. The Bertz CT molecular complexity index is 1310. The van der Waals surface area contributed by atoms with Crippen molar-refractivity contribution in [2.24, 2.45) is 0 Å². The third kappa shape index (κ3) is 4.09. The molecule has 0 saturated heterocycles. The Morgan fingerprint density at radius 1 is 0.812 bits per heavy atom. The largest absolute Gasteiger partial charge is 0.496 e. The van der Waals surface area contributed by atoms with Gasteiger partial charge in [-0.15, -0.1) is 0 Å². The van der Waals surface area contributed by atoms with Gasteiger partial charge in [0.15, 0.2) is 11.5 Å². The van der Waals surface area contributed by atoms with E-state index < -0.39 is 0 Å². The first-order valence-electron chi connectivity index (χ1n) is 9.77. The summed E-state index contributed by atoms with van der Waals surface area (Å²) in [5, 5.41) is 0.397. The van der Waals surface area contributed by atoms with E-state index >= 15 is 0 Å². The summed E-state index contributed by atoms with van der Waals surface area (Å²) in [5.41, 5.74) is 1.84. The van der Waals surface area contributed by atoms with E-state index in [1.54, 1.807) is 42.5 Å². The first-order chi connectivity index (χ1) is 15.5. The fourth-order valence-corrected chi connectivity index (χ4v) is 3.37. The van der Waals surface area contributed by atoms with Crippen LogP contribution in [0.25, 0.3) is 22.1 Å². The highest BCUT2D eigenvalue weighted by Gasteiger charge is 2.18. The second kappa shape index (κ2) is 9.01. The van der Waals surface area contributed by atoms with Gasteiger partial charge in [-0.1, -0.05) is 12.1 Å². The summed E-state index contributed by atoms with van der Waals surface area (Å²) in [6.07, 6.45) is 1.39. The lowest BCUT2D eigenvalue weighted by Crippen LogP contribution is -2.06. The van der Waals surface area contributed by atoms with E-state index in [2.05, 4.69) is 0 Å². The molecule has 0 amide bonds. The van der Waals surface area contributed by atoms with Crippen LogP contribution >= 0.6 is 0 Å². The summed E-state index contributed by atoms with van der Waals surface area (Å²) in [6.45, 7) is 0.261. The Hall–Kier alpha value is -4.00. The fraction of sp³-hybridized carbons (Fsp3) is 0.160. The molecule has 32 heavy (non-hydrogen) atoms. The van der Waals surface area contributed by atoms with Crippen LogP contribution in [0.2, 0.25) is 0 Å². The van der Waals surface area contributed by atoms with Gasteiger partial charge in [0.1, 0.15) is 35.8 Å². The minimum absolute atomic E-state index is 0.221.